The fourth-order valence-corrected chi connectivity index (χ4v) is 5.17. The van der Waals surface area contributed by atoms with Crippen LogP contribution in [0.4, 0.5) is 0 Å². The molecule has 0 radical (unpaired) electrons. The molecule has 1 aromatic heterocycles. The number of nitrogens with two attached hydrogens (primary N) is 1. The summed E-state index contributed by atoms with van der Waals surface area (Å²) in [6.45, 7) is 2.00. The predicted molar refractivity (Wildman–Crippen MR) is 124 cm³/mol. The van der Waals surface area contributed by atoms with E-state index in [0.717, 1.165) is 22.4 Å². The van der Waals surface area contributed by atoms with Crippen LogP contribution in [0.5, 0.6) is 0 Å². The third-order valence-corrected chi connectivity index (χ3v) is 7.14. The van der Waals surface area contributed by atoms with Gasteiger partial charge < -0.3 is 5.73 Å². The van der Waals surface area contributed by atoms with Gasteiger partial charge in [0.1, 0.15) is 5.54 Å². The highest BCUT2D eigenvalue weighted by Crippen LogP contribution is 2.44. The van der Waals surface area contributed by atoms with Crippen molar-refractivity contribution in [1.29, 1.82) is 5.26 Å². The third-order valence-electron chi connectivity index (χ3n) is 5.99. The summed E-state index contributed by atoms with van der Waals surface area (Å²) in [7, 11) is 1.68. The Morgan fingerprint density at radius 1 is 1.16 bits per heavy atom. The van der Waals surface area contributed by atoms with Gasteiger partial charge in [-0.05, 0) is 60.0 Å². The minimum Gasteiger partial charge on any atom is -0.369 e. The number of aliphatic imine (C=N–C) groups is 1. The maximum absolute atomic E-state index is 13.2. The van der Waals surface area contributed by atoms with Gasteiger partial charge in [0, 0.05) is 11.9 Å². The van der Waals surface area contributed by atoms with Crippen LogP contribution in [0.1, 0.15) is 29.3 Å². The number of rotatable bonds is 5. The average molecular weight is 429 g/mol. The molecule has 2 atom stereocenters. The van der Waals surface area contributed by atoms with E-state index >= 15 is 0 Å². The summed E-state index contributed by atoms with van der Waals surface area (Å²) in [6, 6.07) is 22.0. The van der Waals surface area contributed by atoms with Gasteiger partial charge in [-0.1, -0.05) is 42.5 Å². The molecule has 0 saturated heterocycles. The number of thiophene rings is 1. The normalized spacial score (nSPS) is 20.9. The SMILES string of the molecule is CN1C(=O)C(CCc2ccccc2)[C@@](C)(c2cc(-c3cccc(C#N)c3)cs2)N=C1N. The Morgan fingerprint density at radius 3 is 2.68 bits per heavy atom. The lowest BCUT2D eigenvalue weighted by atomic mass is 9.78. The number of hydrogen-bond acceptors (Lipinski definition) is 5. The van der Waals surface area contributed by atoms with E-state index in [4.69, 9.17) is 10.7 Å². The van der Waals surface area contributed by atoms with Gasteiger partial charge in [0.2, 0.25) is 5.91 Å². The first kappa shape index (κ1) is 20.8. The summed E-state index contributed by atoms with van der Waals surface area (Å²) in [5.41, 5.74) is 9.20. The molecule has 0 fully saturated rings. The van der Waals surface area contributed by atoms with Crippen LogP contribution in [0.2, 0.25) is 0 Å². The summed E-state index contributed by atoms with van der Waals surface area (Å²) < 4.78 is 0. The van der Waals surface area contributed by atoms with E-state index in [-0.39, 0.29) is 17.8 Å². The van der Waals surface area contributed by atoms with Crippen LogP contribution in [0.3, 0.4) is 0 Å². The first-order valence-corrected chi connectivity index (χ1v) is 11.1. The highest BCUT2D eigenvalue weighted by atomic mass is 32.1. The second-order valence-corrected chi connectivity index (χ2v) is 8.90. The smallest absolute Gasteiger partial charge is 0.234 e. The summed E-state index contributed by atoms with van der Waals surface area (Å²) in [5.74, 6) is -0.0841. The molecular formula is C25H24N4OS. The fraction of sp³-hybridized carbons (Fsp3) is 0.240. The zero-order chi connectivity index (χ0) is 22.0. The summed E-state index contributed by atoms with van der Waals surface area (Å²) in [4.78, 5) is 20.5. The van der Waals surface area contributed by atoms with Gasteiger partial charge in [-0.2, -0.15) is 5.26 Å². The molecule has 1 aliphatic rings. The number of guanidine groups is 1. The quantitative estimate of drug-likeness (QED) is 0.648. The number of aryl methyl sites for hydroxylation is 1. The number of nitriles is 1. The molecule has 1 unspecified atom stereocenters. The lowest BCUT2D eigenvalue weighted by molar-refractivity contribution is -0.134. The average Bonchev–Trinajstić information content (AvgIpc) is 3.29. The van der Waals surface area contributed by atoms with Crippen LogP contribution in [0, 0.1) is 17.2 Å². The second kappa shape index (κ2) is 8.37. The molecule has 4 rings (SSSR count). The molecule has 2 aromatic carbocycles. The molecule has 3 aromatic rings. The fourth-order valence-electron chi connectivity index (χ4n) is 4.09. The van der Waals surface area contributed by atoms with Crippen LogP contribution in [-0.2, 0) is 16.8 Å². The van der Waals surface area contributed by atoms with Crippen molar-refractivity contribution in [2.45, 2.75) is 25.3 Å². The molecule has 31 heavy (non-hydrogen) atoms. The Hall–Kier alpha value is -3.43. The summed E-state index contributed by atoms with van der Waals surface area (Å²) in [5, 5.41) is 11.3. The molecular weight excluding hydrogens is 404 g/mol. The zero-order valence-corrected chi connectivity index (χ0v) is 18.4. The van der Waals surface area contributed by atoms with Crippen molar-refractivity contribution in [3.63, 3.8) is 0 Å². The Bertz CT molecular complexity index is 1180. The van der Waals surface area contributed by atoms with Gasteiger partial charge in [-0.15, -0.1) is 11.3 Å². The standard InChI is InChI=1S/C25H24N4OS/c1-25(22-14-20(16-31-22)19-10-6-9-18(13-19)15-26)21(23(30)29(2)24(27)28-25)12-11-17-7-4-3-5-8-17/h3-10,13-14,16,21H,11-12H2,1-2H3,(H2,27,28)/t21?,25-/m0/s1. The van der Waals surface area contributed by atoms with E-state index in [1.165, 1.54) is 10.5 Å². The van der Waals surface area contributed by atoms with Crippen molar-refractivity contribution >= 4 is 23.2 Å². The van der Waals surface area contributed by atoms with Gasteiger partial charge in [0.05, 0.1) is 17.6 Å². The first-order valence-electron chi connectivity index (χ1n) is 10.2. The summed E-state index contributed by atoms with van der Waals surface area (Å²) >= 11 is 1.58. The zero-order valence-electron chi connectivity index (χ0n) is 17.6. The van der Waals surface area contributed by atoms with Gasteiger partial charge >= 0.3 is 0 Å². The molecule has 156 valence electrons. The summed E-state index contributed by atoms with van der Waals surface area (Å²) in [6.07, 6.45) is 1.47. The first-order chi connectivity index (χ1) is 14.9. The molecule has 0 saturated carbocycles. The molecule has 0 bridgehead atoms. The molecule has 0 aliphatic carbocycles. The van der Waals surface area contributed by atoms with Crippen LogP contribution in [0.25, 0.3) is 11.1 Å². The number of amides is 1. The number of carbonyl (C=O) groups excluding carboxylic acids is 1. The number of nitrogens with zero attached hydrogens (tertiary/aromatic N) is 3. The van der Waals surface area contributed by atoms with E-state index in [1.54, 1.807) is 24.5 Å². The maximum Gasteiger partial charge on any atom is 0.234 e. The van der Waals surface area contributed by atoms with Gasteiger partial charge in [0.25, 0.3) is 0 Å². The predicted octanol–water partition coefficient (Wildman–Crippen LogP) is 4.54. The molecule has 1 aliphatic heterocycles. The lowest BCUT2D eigenvalue weighted by Crippen LogP contribution is -2.53. The molecule has 2 heterocycles. The second-order valence-electron chi connectivity index (χ2n) is 7.98. The molecule has 5 nitrogen and oxygen atoms in total. The topological polar surface area (TPSA) is 82.5 Å². The van der Waals surface area contributed by atoms with Gasteiger partial charge in [-0.3, -0.25) is 9.69 Å². The van der Waals surface area contributed by atoms with Crippen molar-refractivity contribution in [2.24, 2.45) is 16.6 Å². The van der Waals surface area contributed by atoms with Crippen LogP contribution in [0.15, 0.2) is 71.0 Å². The maximum atomic E-state index is 13.2. The lowest BCUT2D eigenvalue weighted by Gasteiger charge is -2.40. The molecule has 0 spiro atoms. The Morgan fingerprint density at radius 2 is 1.94 bits per heavy atom. The van der Waals surface area contributed by atoms with E-state index in [2.05, 4.69) is 29.6 Å². The third kappa shape index (κ3) is 3.97. The Balaban J connectivity index is 1.70. The van der Waals surface area contributed by atoms with Crippen LogP contribution < -0.4 is 5.73 Å². The van der Waals surface area contributed by atoms with E-state index in [9.17, 15) is 10.1 Å². The van der Waals surface area contributed by atoms with Crippen molar-refractivity contribution < 1.29 is 4.79 Å². The van der Waals surface area contributed by atoms with Crippen molar-refractivity contribution in [1.82, 2.24) is 4.90 Å². The highest BCUT2D eigenvalue weighted by Gasteiger charge is 2.46. The number of hydrogen-bond donors (Lipinski definition) is 1. The molecule has 2 N–H and O–H groups in total. The van der Waals surface area contributed by atoms with Gasteiger partial charge in [0.15, 0.2) is 5.96 Å². The number of benzene rings is 2. The largest absolute Gasteiger partial charge is 0.369 e. The van der Waals surface area contributed by atoms with E-state index < -0.39 is 5.54 Å². The Kier molecular flexibility index (Phi) is 5.62. The van der Waals surface area contributed by atoms with Crippen molar-refractivity contribution in [3.8, 4) is 17.2 Å². The van der Waals surface area contributed by atoms with Crippen LogP contribution in [-0.4, -0.2) is 23.8 Å². The minimum atomic E-state index is -0.738. The monoisotopic (exact) mass is 428 g/mol. The highest BCUT2D eigenvalue weighted by molar-refractivity contribution is 7.10. The van der Waals surface area contributed by atoms with Crippen molar-refractivity contribution in [2.75, 3.05) is 7.05 Å². The van der Waals surface area contributed by atoms with Gasteiger partial charge in [-0.25, -0.2) is 4.99 Å². The molecule has 6 heteroatoms. The molecule has 1 amide bonds. The van der Waals surface area contributed by atoms with Crippen molar-refractivity contribution in [3.05, 3.63) is 82.0 Å². The minimum absolute atomic E-state index is 0.00708. The van der Waals surface area contributed by atoms with E-state index in [1.807, 2.05) is 43.3 Å². The number of carbonyl (C=O) groups is 1. The Labute approximate surface area is 186 Å². The van der Waals surface area contributed by atoms with E-state index in [0.29, 0.717) is 12.0 Å². The van der Waals surface area contributed by atoms with Crippen LogP contribution >= 0.6 is 11.3 Å².